The molecule has 4 aromatic rings. The maximum absolute atomic E-state index is 13.1. The number of nitrogens with zero attached hydrogens (tertiary/aromatic N) is 2. The van der Waals surface area contributed by atoms with E-state index >= 15 is 0 Å². The van der Waals surface area contributed by atoms with Crippen molar-refractivity contribution in [1.82, 2.24) is 15.1 Å². The van der Waals surface area contributed by atoms with Crippen LogP contribution in [-0.2, 0) is 11.3 Å². The van der Waals surface area contributed by atoms with Crippen molar-refractivity contribution in [2.24, 2.45) is 5.92 Å². The van der Waals surface area contributed by atoms with Crippen LogP contribution < -0.4 is 10.6 Å². The van der Waals surface area contributed by atoms with Gasteiger partial charge < -0.3 is 10.6 Å². The van der Waals surface area contributed by atoms with E-state index in [9.17, 15) is 9.59 Å². The fourth-order valence-electron chi connectivity index (χ4n) is 3.47. The number of benzene rings is 2. The smallest absolute Gasteiger partial charge is 0.255 e. The van der Waals surface area contributed by atoms with Gasteiger partial charge in [-0.25, -0.2) is 4.68 Å². The Hall–Kier alpha value is -3.71. The summed E-state index contributed by atoms with van der Waals surface area (Å²) in [5.74, 6) is 0.0262. The van der Waals surface area contributed by atoms with E-state index < -0.39 is 0 Å². The molecule has 2 aromatic carbocycles. The molecular formula is C25H22N4O2S. The zero-order valence-electron chi connectivity index (χ0n) is 17.3. The number of rotatable bonds is 7. The topological polar surface area (TPSA) is 76.0 Å². The van der Waals surface area contributed by atoms with Gasteiger partial charge in [0.1, 0.15) is 5.69 Å². The summed E-state index contributed by atoms with van der Waals surface area (Å²) in [5.41, 5.74) is 3.75. The molecule has 2 heterocycles. The monoisotopic (exact) mass is 442 g/mol. The maximum atomic E-state index is 13.1. The first-order chi connectivity index (χ1) is 15.7. The molecule has 6 nitrogen and oxygen atoms in total. The lowest BCUT2D eigenvalue weighted by molar-refractivity contribution is -0.117. The molecule has 0 radical (unpaired) electrons. The van der Waals surface area contributed by atoms with Crippen LogP contribution in [0.5, 0.6) is 0 Å². The molecule has 0 bridgehead atoms. The number of anilines is 1. The number of carbonyl (C=O) groups excluding carboxylic acids is 2. The third-order valence-electron chi connectivity index (χ3n) is 5.33. The molecule has 7 heteroatoms. The number of hydrogen-bond acceptors (Lipinski definition) is 4. The Morgan fingerprint density at radius 2 is 1.88 bits per heavy atom. The van der Waals surface area contributed by atoms with Crippen molar-refractivity contribution in [2.45, 2.75) is 19.4 Å². The second kappa shape index (κ2) is 8.80. The highest BCUT2D eigenvalue weighted by Gasteiger charge is 2.29. The molecule has 2 N–H and O–H groups in total. The van der Waals surface area contributed by atoms with Gasteiger partial charge in [-0.15, -0.1) is 11.3 Å². The lowest BCUT2D eigenvalue weighted by Gasteiger charge is -2.08. The largest absolute Gasteiger partial charge is 0.348 e. The molecule has 1 aliphatic carbocycles. The Bertz CT molecular complexity index is 1240. The van der Waals surface area contributed by atoms with Crippen molar-refractivity contribution >= 4 is 28.8 Å². The molecule has 160 valence electrons. The van der Waals surface area contributed by atoms with Gasteiger partial charge in [-0.1, -0.05) is 36.4 Å². The van der Waals surface area contributed by atoms with Crippen LogP contribution in [0.15, 0.2) is 78.3 Å². The van der Waals surface area contributed by atoms with E-state index in [1.54, 1.807) is 22.2 Å². The summed E-state index contributed by atoms with van der Waals surface area (Å²) in [6.45, 7) is 0.354. The van der Waals surface area contributed by atoms with Gasteiger partial charge in [-0.3, -0.25) is 9.59 Å². The lowest BCUT2D eigenvalue weighted by atomic mass is 10.1. The van der Waals surface area contributed by atoms with E-state index in [0.717, 1.165) is 34.7 Å². The minimum Gasteiger partial charge on any atom is -0.348 e. The van der Waals surface area contributed by atoms with Gasteiger partial charge in [0.25, 0.3) is 5.91 Å². The Morgan fingerprint density at radius 1 is 1.03 bits per heavy atom. The van der Waals surface area contributed by atoms with Gasteiger partial charge in [0, 0.05) is 24.3 Å². The molecule has 2 aromatic heterocycles. The van der Waals surface area contributed by atoms with Crippen molar-refractivity contribution in [1.29, 1.82) is 0 Å². The highest BCUT2D eigenvalue weighted by atomic mass is 32.1. The number of para-hydroxylation sites is 1. The van der Waals surface area contributed by atoms with E-state index in [-0.39, 0.29) is 17.7 Å². The molecule has 2 amide bonds. The highest BCUT2D eigenvalue weighted by Crippen LogP contribution is 2.30. The molecule has 1 aliphatic rings. The summed E-state index contributed by atoms with van der Waals surface area (Å²) in [7, 11) is 0. The third kappa shape index (κ3) is 4.48. The molecule has 0 spiro atoms. The number of nitrogens with one attached hydrogen (secondary N) is 2. The molecule has 0 aliphatic heterocycles. The minimum absolute atomic E-state index is 0.0695. The van der Waals surface area contributed by atoms with Gasteiger partial charge in [-0.2, -0.15) is 5.10 Å². The van der Waals surface area contributed by atoms with E-state index in [4.69, 9.17) is 0 Å². The molecule has 32 heavy (non-hydrogen) atoms. The molecule has 0 atom stereocenters. The summed E-state index contributed by atoms with van der Waals surface area (Å²) >= 11 is 1.55. The van der Waals surface area contributed by atoms with Crippen LogP contribution in [0.2, 0.25) is 0 Å². The number of carbonyl (C=O) groups is 2. The molecular weight excluding hydrogens is 420 g/mol. The van der Waals surface area contributed by atoms with Gasteiger partial charge >= 0.3 is 0 Å². The van der Waals surface area contributed by atoms with Gasteiger partial charge in [0.2, 0.25) is 5.91 Å². The van der Waals surface area contributed by atoms with Crippen LogP contribution in [0.3, 0.4) is 0 Å². The fraction of sp³-hybridized carbons (Fsp3) is 0.160. The molecule has 1 fully saturated rings. The van der Waals surface area contributed by atoms with Gasteiger partial charge in [0.15, 0.2) is 0 Å². The molecule has 1 saturated carbocycles. The summed E-state index contributed by atoms with van der Waals surface area (Å²) in [6, 6.07) is 21.2. The summed E-state index contributed by atoms with van der Waals surface area (Å²) in [6.07, 6.45) is 3.70. The number of thiophene rings is 1. The van der Waals surface area contributed by atoms with Crippen molar-refractivity contribution in [3.8, 4) is 16.3 Å². The van der Waals surface area contributed by atoms with Crippen molar-refractivity contribution in [3.63, 3.8) is 0 Å². The second-order valence-corrected chi connectivity index (χ2v) is 8.74. The molecule has 0 saturated heterocycles. The summed E-state index contributed by atoms with van der Waals surface area (Å²) in [4.78, 5) is 26.1. The number of hydrogen-bond donors (Lipinski definition) is 2. The predicted octanol–water partition coefficient (Wildman–Crippen LogP) is 4.88. The van der Waals surface area contributed by atoms with E-state index in [1.807, 2.05) is 72.1 Å². The van der Waals surface area contributed by atoms with Crippen molar-refractivity contribution in [3.05, 3.63) is 89.4 Å². The standard InChI is InChI=1S/C25H22N4O2S/c30-24(18-11-12-18)27-19-7-4-6-17(14-19)15-26-25(31)21-16-29(20-8-2-1-3-9-20)28-23(21)22-10-5-13-32-22/h1-10,13-14,16,18H,11-12,15H2,(H,26,31)(H,27,30). The average molecular weight is 443 g/mol. The Labute approximate surface area is 189 Å². The first kappa shape index (κ1) is 20.2. The van der Waals surface area contributed by atoms with Crippen LogP contribution in [0.4, 0.5) is 5.69 Å². The molecule has 5 rings (SSSR count). The van der Waals surface area contributed by atoms with Crippen LogP contribution in [0.25, 0.3) is 16.3 Å². The Balaban J connectivity index is 1.34. The van der Waals surface area contributed by atoms with E-state index in [1.165, 1.54) is 0 Å². The quantitative estimate of drug-likeness (QED) is 0.428. The average Bonchev–Trinajstić information content (AvgIpc) is 3.35. The predicted molar refractivity (Wildman–Crippen MR) is 126 cm³/mol. The summed E-state index contributed by atoms with van der Waals surface area (Å²) < 4.78 is 1.73. The zero-order chi connectivity index (χ0) is 21.9. The molecule has 0 unspecified atom stereocenters. The summed E-state index contributed by atoms with van der Waals surface area (Å²) in [5, 5.41) is 12.6. The Morgan fingerprint density at radius 3 is 2.62 bits per heavy atom. The van der Waals surface area contributed by atoms with Crippen molar-refractivity contribution < 1.29 is 9.59 Å². The van der Waals surface area contributed by atoms with Crippen LogP contribution in [0, 0.1) is 5.92 Å². The Kier molecular flexibility index (Phi) is 5.56. The van der Waals surface area contributed by atoms with Crippen LogP contribution in [0.1, 0.15) is 28.8 Å². The van der Waals surface area contributed by atoms with E-state index in [0.29, 0.717) is 17.8 Å². The van der Waals surface area contributed by atoms with Gasteiger partial charge in [0.05, 0.1) is 16.1 Å². The number of aromatic nitrogens is 2. The maximum Gasteiger partial charge on any atom is 0.255 e. The van der Waals surface area contributed by atoms with Crippen LogP contribution >= 0.6 is 11.3 Å². The SMILES string of the molecule is O=C(NCc1cccc(NC(=O)C2CC2)c1)c1cn(-c2ccccc2)nc1-c1cccs1. The lowest BCUT2D eigenvalue weighted by Crippen LogP contribution is -2.23. The van der Waals surface area contributed by atoms with Gasteiger partial charge in [-0.05, 0) is 54.1 Å². The number of amides is 2. The zero-order valence-corrected chi connectivity index (χ0v) is 18.1. The van der Waals surface area contributed by atoms with E-state index in [2.05, 4.69) is 15.7 Å². The third-order valence-corrected chi connectivity index (χ3v) is 6.21. The van der Waals surface area contributed by atoms with Crippen LogP contribution in [-0.4, -0.2) is 21.6 Å². The first-order valence-corrected chi connectivity index (χ1v) is 11.4. The second-order valence-electron chi connectivity index (χ2n) is 7.80. The first-order valence-electron chi connectivity index (χ1n) is 10.5. The highest BCUT2D eigenvalue weighted by molar-refractivity contribution is 7.13. The fourth-order valence-corrected chi connectivity index (χ4v) is 4.20. The minimum atomic E-state index is -0.192. The normalized spacial score (nSPS) is 13.0. The van der Waals surface area contributed by atoms with Crippen molar-refractivity contribution in [2.75, 3.05) is 5.32 Å².